The first-order chi connectivity index (χ1) is 9.56. The maximum atomic E-state index is 12.0. The molecule has 0 aliphatic carbocycles. The van der Waals surface area contributed by atoms with Crippen molar-refractivity contribution >= 4 is 24.3 Å². The monoisotopic (exact) mass is 311 g/mol. The summed E-state index contributed by atoms with van der Waals surface area (Å²) in [7, 11) is 0. The van der Waals surface area contributed by atoms with Crippen LogP contribution in [0.2, 0.25) is 0 Å². The third kappa shape index (κ3) is 5.05. The number of carboxylic acid groups (broad SMARTS) is 1. The first kappa shape index (κ1) is 17.5. The van der Waals surface area contributed by atoms with Crippen LogP contribution in [-0.4, -0.2) is 35.0 Å². The topological polar surface area (TPSA) is 57.6 Å². The standard InChI is InChI=1S/C16H21NO3.ClH/c1-12-5-7-13(8-6-12)3-2-4-15(18)17-10-9-14(11-17)16(19)20;/h5-8,14H,2-4,9-11H2,1H3,(H,19,20);1H. The van der Waals surface area contributed by atoms with E-state index in [1.54, 1.807) is 4.90 Å². The molecule has 116 valence electrons. The third-order valence-electron chi connectivity index (χ3n) is 3.87. The van der Waals surface area contributed by atoms with E-state index in [0.717, 1.165) is 12.8 Å². The van der Waals surface area contributed by atoms with Crippen LogP contribution < -0.4 is 0 Å². The van der Waals surface area contributed by atoms with E-state index in [1.165, 1.54) is 11.1 Å². The van der Waals surface area contributed by atoms with Crippen LogP contribution in [-0.2, 0) is 16.0 Å². The second-order valence-corrected chi connectivity index (χ2v) is 5.50. The summed E-state index contributed by atoms with van der Waals surface area (Å²) in [4.78, 5) is 24.5. The van der Waals surface area contributed by atoms with Crippen molar-refractivity contribution in [3.05, 3.63) is 35.4 Å². The lowest BCUT2D eigenvalue weighted by molar-refractivity contribution is -0.141. The minimum Gasteiger partial charge on any atom is -0.481 e. The van der Waals surface area contributed by atoms with Gasteiger partial charge in [-0.25, -0.2) is 0 Å². The molecule has 1 N–H and O–H groups in total. The Labute approximate surface area is 131 Å². The van der Waals surface area contributed by atoms with Crippen molar-refractivity contribution in [2.45, 2.75) is 32.6 Å². The molecule has 0 saturated carbocycles. The van der Waals surface area contributed by atoms with E-state index >= 15 is 0 Å². The summed E-state index contributed by atoms with van der Waals surface area (Å²) in [6, 6.07) is 8.34. The van der Waals surface area contributed by atoms with E-state index in [1.807, 2.05) is 0 Å². The van der Waals surface area contributed by atoms with Crippen LogP contribution in [0.1, 0.15) is 30.4 Å². The highest BCUT2D eigenvalue weighted by atomic mass is 35.5. The van der Waals surface area contributed by atoms with Crippen LogP contribution in [0.5, 0.6) is 0 Å². The lowest BCUT2D eigenvalue weighted by Gasteiger charge is -2.15. The zero-order valence-electron chi connectivity index (χ0n) is 12.2. The molecule has 1 atom stereocenters. The predicted molar refractivity (Wildman–Crippen MR) is 83.7 cm³/mol. The average molecular weight is 312 g/mol. The van der Waals surface area contributed by atoms with Crippen molar-refractivity contribution in [2.24, 2.45) is 5.92 Å². The maximum absolute atomic E-state index is 12.0. The molecule has 0 spiro atoms. The van der Waals surface area contributed by atoms with E-state index in [-0.39, 0.29) is 24.2 Å². The van der Waals surface area contributed by atoms with E-state index in [4.69, 9.17) is 5.11 Å². The Kier molecular flexibility index (Phi) is 6.69. The Bertz CT molecular complexity index is 487. The van der Waals surface area contributed by atoms with Crippen LogP contribution in [0, 0.1) is 12.8 Å². The SMILES string of the molecule is Cc1ccc(CCCC(=O)N2CCC(C(=O)O)C2)cc1.Cl. The average Bonchev–Trinajstić information content (AvgIpc) is 2.91. The summed E-state index contributed by atoms with van der Waals surface area (Å²) >= 11 is 0. The fourth-order valence-corrected chi connectivity index (χ4v) is 2.54. The van der Waals surface area contributed by atoms with Crippen molar-refractivity contribution in [2.75, 3.05) is 13.1 Å². The lowest BCUT2D eigenvalue weighted by Crippen LogP contribution is -2.29. The number of nitrogens with zero attached hydrogens (tertiary/aromatic N) is 1. The van der Waals surface area contributed by atoms with E-state index in [0.29, 0.717) is 25.9 Å². The van der Waals surface area contributed by atoms with Gasteiger partial charge >= 0.3 is 5.97 Å². The van der Waals surface area contributed by atoms with Gasteiger partial charge in [-0.1, -0.05) is 29.8 Å². The number of hydrogen-bond donors (Lipinski definition) is 1. The highest BCUT2D eigenvalue weighted by Crippen LogP contribution is 2.18. The molecule has 1 fully saturated rings. The molecule has 1 aliphatic heterocycles. The molecule has 0 aromatic heterocycles. The van der Waals surface area contributed by atoms with Gasteiger partial charge in [-0.2, -0.15) is 0 Å². The van der Waals surface area contributed by atoms with Crippen molar-refractivity contribution in [3.63, 3.8) is 0 Å². The van der Waals surface area contributed by atoms with Gasteiger partial charge in [0.15, 0.2) is 0 Å². The summed E-state index contributed by atoms with van der Waals surface area (Å²) in [5, 5.41) is 8.92. The number of carboxylic acids is 1. The zero-order valence-corrected chi connectivity index (χ0v) is 13.1. The first-order valence-electron chi connectivity index (χ1n) is 7.12. The summed E-state index contributed by atoms with van der Waals surface area (Å²) in [5.74, 6) is -1.09. The van der Waals surface area contributed by atoms with Gasteiger partial charge in [-0.3, -0.25) is 9.59 Å². The molecule has 0 radical (unpaired) electrons. The molecule has 1 saturated heterocycles. The van der Waals surface area contributed by atoms with E-state index < -0.39 is 5.97 Å². The van der Waals surface area contributed by atoms with Gasteiger partial charge in [0.2, 0.25) is 5.91 Å². The summed E-state index contributed by atoms with van der Waals surface area (Å²) in [5.41, 5.74) is 2.48. The van der Waals surface area contributed by atoms with Crippen molar-refractivity contribution < 1.29 is 14.7 Å². The summed E-state index contributed by atoms with van der Waals surface area (Å²) in [6.07, 6.45) is 2.79. The zero-order chi connectivity index (χ0) is 14.5. The number of carbonyl (C=O) groups excluding carboxylic acids is 1. The normalized spacial score (nSPS) is 17.4. The fraction of sp³-hybridized carbons (Fsp3) is 0.500. The summed E-state index contributed by atoms with van der Waals surface area (Å²) < 4.78 is 0. The quantitative estimate of drug-likeness (QED) is 0.909. The molecule has 5 heteroatoms. The maximum Gasteiger partial charge on any atom is 0.308 e. The van der Waals surface area contributed by atoms with Gasteiger partial charge < -0.3 is 10.0 Å². The van der Waals surface area contributed by atoms with Crippen molar-refractivity contribution in [1.82, 2.24) is 4.90 Å². The number of likely N-dealkylation sites (tertiary alicyclic amines) is 1. The molecule has 1 aliphatic rings. The van der Waals surface area contributed by atoms with Crippen LogP contribution >= 0.6 is 12.4 Å². The highest BCUT2D eigenvalue weighted by molar-refractivity contribution is 5.85. The molecule has 1 heterocycles. The van der Waals surface area contributed by atoms with Gasteiger partial charge in [-0.05, 0) is 31.7 Å². The number of amides is 1. The number of carbonyl (C=O) groups is 2. The van der Waals surface area contributed by atoms with E-state index in [9.17, 15) is 9.59 Å². The van der Waals surface area contributed by atoms with Gasteiger partial charge in [0, 0.05) is 19.5 Å². The molecule has 21 heavy (non-hydrogen) atoms. The predicted octanol–water partition coefficient (Wildman–Crippen LogP) is 2.67. The van der Waals surface area contributed by atoms with Gasteiger partial charge in [0.1, 0.15) is 0 Å². The highest BCUT2D eigenvalue weighted by Gasteiger charge is 2.30. The van der Waals surface area contributed by atoms with Crippen LogP contribution in [0.4, 0.5) is 0 Å². The van der Waals surface area contributed by atoms with Crippen molar-refractivity contribution in [1.29, 1.82) is 0 Å². The van der Waals surface area contributed by atoms with Crippen LogP contribution in [0.3, 0.4) is 0 Å². The number of aryl methyl sites for hydroxylation is 2. The Morgan fingerprint density at radius 2 is 1.95 bits per heavy atom. The molecule has 1 aromatic carbocycles. The number of rotatable bonds is 5. The molecule has 1 aromatic rings. The number of halogens is 1. The molecular weight excluding hydrogens is 290 g/mol. The number of benzene rings is 1. The van der Waals surface area contributed by atoms with Gasteiger partial charge in [0.05, 0.1) is 5.92 Å². The number of aliphatic carboxylic acids is 1. The van der Waals surface area contributed by atoms with Crippen LogP contribution in [0.25, 0.3) is 0 Å². The van der Waals surface area contributed by atoms with Gasteiger partial charge in [-0.15, -0.1) is 12.4 Å². The number of hydrogen-bond acceptors (Lipinski definition) is 2. The Morgan fingerprint density at radius 3 is 2.52 bits per heavy atom. The second-order valence-electron chi connectivity index (χ2n) is 5.50. The second kappa shape index (κ2) is 8.03. The Balaban J connectivity index is 0.00000220. The first-order valence-corrected chi connectivity index (χ1v) is 7.12. The molecule has 1 unspecified atom stereocenters. The van der Waals surface area contributed by atoms with Crippen molar-refractivity contribution in [3.8, 4) is 0 Å². The third-order valence-corrected chi connectivity index (χ3v) is 3.87. The Hall–Kier alpha value is -1.55. The minimum absolute atomic E-state index is 0. The van der Waals surface area contributed by atoms with Gasteiger partial charge in [0.25, 0.3) is 0 Å². The largest absolute Gasteiger partial charge is 0.481 e. The molecule has 4 nitrogen and oxygen atoms in total. The lowest BCUT2D eigenvalue weighted by atomic mass is 10.1. The molecule has 0 bridgehead atoms. The smallest absolute Gasteiger partial charge is 0.308 e. The van der Waals surface area contributed by atoms with Crippen LogP contribution in [0.15, 0.2) is 24.3 Å². The Morgan fingerprint density at radius 1 is 1.29 bits per heavy atom. The molecular formula is C16H22ClNO3. The molecule has 1 amide bonds. The molecule has 2 rings (SSSR count). The van der Waals surface area contributed by atoms with E-state index in [2.05, 4.69) is 31.2 Å². The minimum atomic E-state index is -0.792. The summed E-state index contributed by atoms with van der Waals surface area (Å²) in [6.45, 7) is 3.01. The fourth-order valence-electron chi connectivity index (χ4n) is 2.54.